The second-order valence-electron chi connectivity index (χ2n) is 6.67. The third-order valence-corrected chi connectivity index (χ3v) is 4.71. The molecule has 8 nitrogen and oxygen atoms in total. The third-order valence-electron chi connectivity index (χ3n) is 4.71. The van der Waals surface area contributed by atoms with Crippen LogP contribution in [0.5, 0.6) is 0 Å². The zero-order valence-electron chi connectivity index (χ0n) is 15.3. The second-order valence-corrected chi connectivity index (χ2v) is 6.67. The Balaban J connectivity index is 1.58. The predicted octanol–water partition coefficient (Wildman–Crippen LogP) is 0.771. The van der Waals surface area contributed by atoms with Crippen LogP contribution in [-0.4, -0.2) is 43.6 Å². The van der Waals surface area contributed by atoms with E-state index < -0.39 is 22.6 Å². The van der Waals surface area contributed by atoms with Gasteiger partial charge in [-0.15, -0.1) is 0 Å². The fraction of sp³-hybridized carbons (Fsp3) is 0.333. The average molecular weight is 411 g/mol. The highest BCUT2D eigenvalue weighted by Crippen LogP contribution is 2.34. The zero-order chi connectivity index (χ0) is 21.0. The van der Waals surface area contributed by atoms with E-state index in [-0.39, 0.29) is 17.9 Å². The van der Waals surface area contributed by atoms with Crippen molar-refractivity contribution in [2.45, 2.75) is 6.18 Å². The van der Waals surface area contributed by atoms with Crippen molar-refractivity contribution in [2.75, 3.05) is 42.9 Å². The summed E-state index contributed by atoms with van der Waals surface area (Å²) in [7, 11) is 0. The van der Waals surface area contributed by atoms with Crippen molar-refractivity contribution < 1.29 is 32.8 Å². The molecule has 1 aliphatic rings. The Morgan fingerprint density at radius 3 is 2.55 bits per heavy atom. The van der Waals surface area contributed by atoms with Crippen LogP contribution in [0.1, 0.15) is 5.56 Å². The number of aromatic nitrogens is 1. The molecule has 1 aromatic heterocycles. The highest BCUT2D eigenvalue weighted by Gasteiger charge is 2.35. The lowest BCUT2D eigenvalue weighted by Crippen LogP contribution is -3.15. The number of rotatable bonds is 5. The fourth-order valence-electron chi connectivity index (χ4n) is 3.30. The summed E-state index contributed by atoms with van der Waals surface area (Å²) in [6.07, 6.45) is -2.95. The summed E-state index contributed by atoms with van der Waals surface area (Å²) in [6, 6.07) is 7.80. The molecule has 1 amide bonds. The van der Waals surface area contributed by atoms with Gasteiger partial charge in [0.1, 0.15) is 26.2 Å². The summed E-state index contributed by atoms with van der Waals surface area (Å²) in [5, 5.41) is 13.5. The first-order chi connectivity index (χ1) is 13.8. The van der Waals surface area contributed by atoms with Crippen molar-refractivity contribution >= 4 is 23.1 Å². The van der Waals surface area contributed by atoms with Crippen LogP contribution < -0.4 is 20.1 Å². The van der Waals surface area contributed by atoms with E-state index in [1.165, 1.54) is 24.3 Å². The van der Waals surface area contributed by atoms with Crippen molar-refractivity contribution in [3.05, 3.63) is 58.3 Å². The Morgan fingerprint density at radius 1 is 1.21 bits per heavy atom. The largest absolute Gasteiger partial charge is 0.418 e. The Morgan fingerprint density at radius 2 is 1.90 bits per heavy atom. The van der Waals surface area contributed by atoms with E-state index >= 15 is 0 Å². The number of nitro groups is 1. The molecule has 3 rings (SSSR count). The summed E-state index contributed by atoms with van der Waals surface area (Å²) >= 11 is 0. The fourth-order valence-corrected chi connectivity index (χ4v) is 3.30. The monoisotopic (exact) mass is 411 g/mol. The van der Waals surface area contributed by atoms with Crippen LogP contribution in [-0.2, 0) is 11.0 Å². The summed E-state index contributed by atoms with van der Waals surface area (Å²) in [5.41, 5.74) is -1.19. The maximum atomic E-state index is 13.0. The maximum Gasteiger partial charge on any atom is 0.418 e. The number of carbonyl (C=O) groups is 1. The smallest absolute Gasteiger partial charge is 0.321 e. The molecule has 0 aliphatic carbocycles. The van der Waals surface area contributed by atoms with Gasteiger partial charge in [0.25, 0.3) is 5.91 Å². The third kappa shape index (κ3) is 4.99. The van der Waals surface area contributed by atoms with Gasteiger partial charge in [0, 0.05) is 6.07 Å². The number of hydrogen-bond acceptors (Lipinski definition) is 4. The number of anilines is 2. The van der Waals surface area contributed by atoms with Gasteiger partial charge in [-0.3, -0.25) is 14.9 Å². The molecule has 2 aromatic rings. The molecule has 0 unspecified atom stereocenters. The molecule has 1 saturated heterocycles. The summed E-state index contributed by atoms with van der Waals surface area (Å²) in [5.74, 6) is -0.109. The van der Waals surface area contributed by atoms with E-state index in [9.17, 15) is 28.1 Å². The van der Waals surface area contributed by atoms with Crippen molar-refractivity contribution in [3.8, 4) is 0 Å². The molecule has 154 valence electrons. The minimum atomic E-state index is -4.55. The number of benzene rings is 1. The van der Waals surface area contributed by atoms with Crippen LogP contribution in [0.4, 0.5) is 30.4 Å². The van der Waals surface area contributed by atoms with Crippen LogP contribution in [0.3, 0.4) is 0 Å². The second kappa shape index (κ2) is 8.43. The first kappa shape index (κ1) is 20.5. The van der Waals surface area contributed by atoms with E-state index in [2.05, 4.69) is 10.3 Å². The number of carbonyl (C=O) groups excluding carboxylic acids is 1. The van der Waals surface area contributed by atoms with Crippen LogP contribution in [0, 0.1) is 10.1 Å². The van der Waals surface area contributed by atoms with Gasteiger partial charge in [0.2, 0.25) is 0 Å². The van der Waals surface area contributed by atoms with Gasteiger partial charge in [-0.05, 0) is 18.2 Å². The number of alkyl halides is 3. The standard InChI is InChI=1S/C18H18F3N5O3/c19-18(20,21)13-4-1-2-5-14(13)23-16(27)12-24-8-10-25(11-9-24)17-15(26(28)29)6-3-7-22-17/h1-7H,8-12H2,(H,23,27)/p+2. The zero-order valence-corrected chi connectivity index (χ0v) is 15.3. The van der Waals surface area contributed by atoms with Crippen LogP contribution in [0.25, 0.3) is 0 Å². The summed E-state index contributed by atoms with van der Waals surface area (Å²) in [4.78, 5) is 28.6. The number of amides is 1. The van der Waals surface area contributed by atoms with Crippen LogP contribution in [0.2, 0.25) is 0 Å². The van der Waals surface area contributed by atoms with Gasteiger partial charge in [-0.1, -0.05) is 12.1 Å². The first-order valence-electron chi connectivity index (χ1n) is 8.95. The molecule has 0 atom stereocenters. The van der Waals surface area contributed by atoms with Crippen molar-refractivity contribution in [1.82, 2.24) is 0 Å². The number of aromatic amines is 1. The lowest BCUT2D eigenvalue weighted by molar-refractivity contribution is -0.892. The van der Waals surface area contributed by atoms with Gasteiger partial charge in [-0.2, -0.15) is 13.2 Å². The summed E-state index contributed by atoms with van der Waals surface area (Å²) < 4.78 is 39.1. The Labute approximate surface area is 164 Å². The molecule has 1 aliphatic heterocycles. The first-order valence-corrected chi connectivity index (χ1v) is 8.95. The number of piperazine rings is 1. The molecule has 29 heavy (non-hydrogen) atoms. The van der Waals surface area contributed by atoms with Crippen molar-refractivity contribution in [2.24, 2.45) is 0 Å². The van der Waals surface area contributed by atoms with Gasteiger partial charge >= 0.3 is 17.7 Å². The highest BCUT2D eigenvalue weighted by molar-refractivity contribution is 5.92. The maximum absolute atomic E-state index is 13.0. The molecule has 0 saturated carbocycles. The number of nitrogens with one attached hydrogen (secondary N) is 3. The molecule has 3 N–H and O–H groups in total. The Bertz CT molecular complexity index is 898. The number of nitrogens with zero attached hydrogens (tertiary/aromatic N) is 2. The van der Waals surface area contributed by atoms with E-state index in [1.54, 1.807) is 12.3 Å². The predicted molar refractivity (Wildman–Crippen MR) is 97.5 cm³/mol. The molecular weight excluding hydrogens is 391 g/mol. The number of halogens is 3. The number of quaternary nitrogens is 1. The molecule has 1 aromatic carbocycles. The van der Waals surface area contributed by atoms with Gasteiger partial charge < -0.3 is 10.2 Å². The topological polar surface area (TPSA) is 94.1 Å². The number of pyridine rings is 1. The van der Waals surface area contributed by atoms with E-state index in [0.29, 0.717) is 32.0 Å². The Kier molecular flexibility index (Phi) is 5.97. The average Bonchev–Trinajstić information content (AvgIpc) is 2.68. The SMILES string of the molecule is O=C(C[NH+]1CCN(c2[nH+]cccc2[N+](=O)[O-])CC1)Nc1ccccc1C(F)(F)F. The minimum absolute atomic E-state index is 0.0145. The number of hydrogen-bond donors (Lipinski definition) is 2. The highest BCUT2D eigenvalue weighted by atomic mass is 19.4. The number of para-hydroxylation sites is 1. The molecule has 0 bridgehead atoms. The molecule has 11 heteroatoms. The van der Waals surface area contributed by atoms with E-state index in [1.807, 2.05) is 4.90 Å². The van der Waals surface area contributed by atoms with Gasteiger partial charge in [0.15, 0.2) is 6.54 Å². The normalized spacial score (nSPS) is 15.2. The van der Waals surface area contributed by atoms with Crippen LogP contribution in [0.15, 0.2) is 42.6 Å². The van der Waals surface area contributed by atoms with Crippen molar-refractivity contribution in [1.29, 1.82) is 0 Å². The number of H-pyrrole nitrogens is 1. The van der Waals surface area contributed by atoms with E-state index in [4.69, 9.17) is 0 Å². The lowest BCUT2D eigenvalue weighted by Gasteiger charge is -2.27. The molecule has 1 fully saturated rings. The summed E-state index contributed by atoms with van der Waals surface area (Å²) in [6.45, 7) is 2.01. The van der Waals surface area contributed by atoms with Gasteiger partial charge in [0.05, 0.1) is 22.4 Å². The minimum Gasteiger partial charge on any atom is -0.321 e. The quantitative estimate of drug-likeness (QED) is 0.562. The molecule has 0 radical (unpaired) electrons. The van der Waals surface area contributed by atoms with Crippen molar-refractivity contribution in [3.63, 3.8) is 0 Å². The lowest BCUT2D eigenvalue weighted by atomic mass is 10.1. The van der Waals surface area contributed by atoms with Gasteiger partial charge in [-0.25, -0.2) is 9.88 Å². The van der Waals surface area contributed by atoms with Crippen LogP contribution >= 0.6 is 0 Å². The molecule has 0 spiro atoms. The Hall–Kier alpha value is -3.21. The molecular formula is C18H20F3N5O3+2. The molecule has 2 heterocycles. The van der Waals surface area contributed by atoms with E-state index in [0.717, 1.165) is 11.0 Å².